The minimum absolute atomic E-state index is 0.0182. The van der Waals surface area contributed by atoms with E-state index in [1.165, 1.54) is 23.1 Å². The number of benzene rings is 4. The molecule has 1 N–H and O–H groups in total. The molecule has 4 rings (SSSR count). The van der Waals surface area contributed by atoms with E-state index in [4.69, 9.17) is 23.2 Å². The average molecular weight is 653 g/mol. The van der Waals surface area contributed by atoms with E-state index in [9.17, 15) is 18.0 Å². The first-order valence-electron chi connectivity index (χ1n) is 14.2. The van der Waals surface area contributed by atoms with Gasteiger partial charge in [0.1, 0.15) is 12.6 Å². The highest BCUT2D eigenvalue weighted by Gasteiger charge is 2.34. The zero-order chi connectivity index (χ0) is 31.7. The first-order chi connectivity index (χ1) is 21.0. The van der Waals surface area contributed by atoms with Gasteiger partial charge in [0.25, 0.3) is 10.0 Å². The van der Waals surface area contributed by atoms with Gasteiger partial charge >= 0.3 is 0 Å². The van der Waals surface area contributed by atoms with Crippen LogP contribution in [0.2, 0.25) is 10.0 Å². The van der Waals surface area contributed by atoms with Gasteiger partial charge in [0.15, 0.2) is 0 Å². The van der Waals surface area contributed by atoms with Crippen LogP contribution in [0.25, 0.3) is 0 Å². The van der Waals surface area contributed by atoms with Gasteiger partial charge in [-0.2, -0.15) is 0 Å². The summed E-state index contributed by atoms with van der Waals surface area (Å²) in [7, 11) is -4.20. The quantitative estimate of drug-likeness (QED) is 0.176. The van der Waals surface area contributed by atoms with Crippen LogP contribution in [-0.2, 0) is 32.6 Å². The summed E-state index contributed by atoms with van der Waals surface area (Å²) in [4.78, 5) is 29.7. The Morgan fingerprint density at radius 2 is 1.36 bits per heavy atom. The van der Waals surface area contributed by atoms with Gasteiger partial charge in [-0.1, -0.05) is 104 Å². The molecule has 0 aliphatic heterocycles. The van der Waals surface area contributed by atoms with Crippen molar-refractivity contribution in [2.75, 3.05) is 17.4 Å². The fourth-order valence-electron chi connectivity index (χ4n) is 4.69. The molecule has 0 bridgehead atoms. The lowest BCUT2D eigenvalue weighted by Crippen LogP contribution is -2.53. The maximum Gasteiger partial charge on any atom is 0.264 e. The number of carbonyl (C=O) groups is 2. The SMILES string of the molecule is CC(C)CNC(=O)[C@H](Cc1ccccc1)N(Cc1cccc(Cl)c1)C(=O)CN(c1cccc(Cl)c1)S(=O)(=O)c1ccccc1. The minimum atomic E-state index is -4.20. The van der Waals surface area contributed by atoms with E-state index in [2.05, 4.69) is 5.32 Å². The predicted octanol–water partition coefficient (Wildman–Crippen LogP) is 6.60. The van der Waals surface area contributed by atoms with Gasteiger partial charge in [0.2, 0.25) is 11.8 Å². The predicted molar refractivity (Wildman–Crippen MR) is 176 cm³/mol. The van der Waals surface area contributed by atoms with Crippen LogP contribution < -0.4 is 9.62 Å². The number of anilines is 1. The molecular formula is C34H35Cl2N3O4S. The highest BCUT2D eigenvalue weighted by atomic mass is 35.5. The van der Waals surface area contributed by atoms with Crippen molar-refractivity contribution in [1.82, 2.24) is 10.2 Å². The largest absolute Gasteiger partial charge is 0.354 e. The van der Waals surface area contributed by atoms with Gasteiger partial charge in [-0.25, -0.2) is 8.42 Å². The van der Waals surface area contributed by atoms with Crippen molar-refractivity contribution in [3.05, 3.63) is 130 Å². The Hall–Kier alpha value is -3.85. The van der Waals surface area contributed by atoms with Crippen molar-refractivity contribution in [3.8, 4) is 0 Å². The average Bonchev–Trinajstić information content (AvgIpc) is 3.01. The number of halogens is 2. The highest BCUT2D eigenvalue weighted by molar-refractivity contribution is 7.92. The lowest BCUT2D eigenvalue weighted by Gasteiger charge is -2.34. The third kappa shape index (κ3) is 8.85. The van der Waals surface area contributed by atoms with Crippen LogP contribution in [0.1, 0.15) is 25.0 Å². The molecule has 0 aliphatic carbocycles. The summed E-state index contributed by atoms with van der Waals surface area (Å²) in [5, 5.41) is 3.77. The maximum absolute atomic E-state index is 14.4. The summed E-state index contributed by atoms with van der Waals surface area (Å²) >= 11 is 12.6. The van der Waals surface area contributed by atoms with E-state index in [-0.39, 0.29) is 35.4 Å². The smallest absolute Gasteiger partial charge is 0.264 e. The topological polar surface area (TPSA) is 86.8 Å². The molecule has 230 valence electrons. The number of nitrogens with one attached hydrogen (secondary N) is 1. The zero-order valence-corrected chi connectivity index (χ0v) is 26.9. The van der Waals surface area contributed by atoms with Crippen LogP contribution in [0, 0.1) is 5.92 Å². The fourth-order valence-corrected chi connectivity index (χ4v) is 6.51. The molecule has 4 aromatic rings. The van der Waals surface area contributed by atoms with E-state index in [1.54, 1.807) is 54.6 Å². The Morgan fingerprint density at radius 1 is 0.773 bits per heavy atom. The molecule has 1 atom stereocenters. The number of carbonyl (C=O) groups excluding carboxylic acids is 2. The van der Waals surface area contributed by atoms with E-state index in [0.29, 0.717) is 22.2 Å². The molecule has 10 heteroatoms. The molecule has 4 aromatic carbocycles. The molecular weight excluding hydrogens is 617 g/mol. The Bertz CT molecular complexity index is 1670. The third-order valence-corrected chi connectivity index (χ3v) is 9.16. The Kier molecular flexibility index (Phi) is 11.4. The summed E-state index contributed by atoms with van der Waals surface area (Å²) in [6.07, 6.45) is 0.222. The zero-order valence-electron chi connectivity index (χ0n) is 24.6. The molecule has 0 saturated heterocycles. The minimum Gasteiger partial charge on any atom is -0.354 e. The third-order valence-electron chi connectivity index (χ3n) is 6.90. The van der Waals surface area contributed by atoms with E-state index >= 15 is 0 Å². The summed E-state index contributed by atoms with van der Waals surface area (Å²) in [5.41, 5.74) is 1.77. The van der Waals surface area contributed by atoms with Crippen LogP contribution in [-0.4, -0.2) is 44.3 Å². The normalized spacial score (nSPS) is 12.0. The second-order valence-electron chi connectivity index (χ2n) is 10.8. The number of hydrogen-bond acceptors (Lipinski definition) is 4. The van der Waals surface area contributed by atoms with Gasteiger partial charge in [0.05, 0.1) is 10.6 Å². The standard InChI is InChI=1S/C34H35Cl2N3O4S/c1-25(2)22-37-34(41)32(20-26-11-5-3-6-12-26)38(23-27-13-9-14-28(35)19-27)33(40)24-39(30-16-10-15-29(36)21-30)44(42,43)31-17-7-4-8-18-31/h3-19,21,25,32H,20,22-24H2,1-2H3,(H,37,41)/t32-/m0/s1. The maximum atomic E-state index is 14.4. The van der Waals surface area contributed by atoms with Crippen LogP contribution in [0.4, 0.5) is 5.69 Å². The van der Waals surface area contributed by atoms with Crippen LogP contribution in [0.5, 0.6) is 0 Å². The molecule has 0 heterocycles. The molecule has 0 radical (unpaired) electrons. The van der Waals surface area contributed by atoms with Crippen molar-refractivity contribution in [2.24, 2.45) is 5.92 Å². The molecule has 0 spiro atoms. The van der Waals surface area contributed by atoms with Crippen molar-refractivity contribution >= 4 is 50.7 Å². The molecule has 0 aliphatic rings. The van der Waals surface area contributed by atoms with Crippen molar-refractivity contribution in [3.63, 3.8) is 0 Å². The summed E-state index contributed by atoms with van der Waals surface area (Å²) < 4.78 is 29.0. The molecule has 44 heavy (non-hydrogen) atoms. The first-order valence-corrected chi connectivity index (χ1v) is 16.4. The van der Waals surface area contributed by atoms with Gasteiger partial charge < -0.3 is 10.2 Å². The number of rotatable bonds is 13. The summed E-state index contributed by atoms with van der Waals surface area (Å²) in [6.45, 7) is 3.85. The number of amides is 2. The lowest BCUT2D eigenvalue weighted by molar-refractivity contribution is -0.140. The van der Waals surface area contributed by atoms with E-state index < -0.39 is 28.5 Å². The summed E-state index contributed by atoms with van der Waals surface area (Å²) in [6, 6.07) is 29.7. The fraction of sp³-hybridized carbons (Fsp3) is 0.235. The number of nitrogens with zero attached hydrogens (tertiary/aromatic N) is 2. The van der Waals surface area contributed by atoms with Crippen LogP contribution in [0.15, 0.2) is 114 Å². The molecule has 2 amide bonds. The van der Waals surface area contributed by atoms with Gasteiger partial charge in [-0.15, -0.1) is 0 Å². The Labute approximate surface area is 269 Å². The second-order valence-corrected chi connectivity index (χ2v) is 13.5. The molecule has 0 aromatic heterocycles. The Balaban J connectivity index is 1.79. The molecule has 7 nitrogen and oxygen atoms in total. The van der Waals surface area contributed by atoms with E-state index in [0.717, 1.165) is 9.87 Å². The second kappa shape index (κ2) is 15.2. The monoisotopic (exact) mass is 651 g/mol. The van der Waals surface area contributed by atoms with Crippen molar-refractivity contribution in [2.45, 2.75) is 37.8 Å². The van der Waals surface area contributed by atoms with Gasteiger partial charge in [0, 0.05) is 29.6 Å². The molecule has 0 unspecified atom stereocenters. The number of sulfonamides is 1. The van der Waals surface area contributed by atoms with Crippen molar-refractivity contribution < 1.29 is 18.0 Å². The number of hydrogen-bond donors (Lipinski definition) is 1. The Morgan fingerprint density at radius 3 is 1.98 bits per heavy atom. The van der Waals surface area contributed by atoms with Gasteiger partial charge in [-0.3, -0.25) is 13.9 Å². The lowest BCUT2D eigenvalue weighted by atomic mass is 10.0. The summed E-state index contributed by atoms with van der Waals surface area (Å²) in [5.74, 6) is -0.717. The van der Waals surface area contributed by atoms with Crippen LogP contribution in [0.3, 0.4) is 0 Å². The van der Waals surface area contributed by atoms with Gasteiger partial charge in [-0.05, 0) is 59.5 Å². The first kappa shape index (κ1) is 33.1. The van der Waals surface area contributed by atoms with E-state index in [1.807, 2.05) is 50.2 Å². The van der Waals surface area contributed by atoms with Crippen LogP contribution >= 0.6 is 23.2 Å². The molecule has 0 saturated carbocycles. The molecule has 0 fully saturated rings. The highest BCUT2D eigenvalue weighted by Crippen LogP contribution is 2.27. The van der Waals surface area contributed by atoms with Crippen molar-refractivity contribution in [1.29, 1.82) is 0 Å².